The summed E-state index contributed by atoms with van der Waals surface area (Å²) in [6, 6.07) is 7.98. The molecule has 1 aliphatic rings. The number of aryl methyl sites for hydroxylation is 1. The zero-order chi connectivity index (χ0) is 15.6. The summed E-state index contributed by atoms with van der Waals surface area (Å²) in [6.45, 7) is 1.25. The van der Waals surface area contributed by atoms with Crippen LogP contribution in [-0.4, -0.2) is 42.2 Å². The summed E-state index contributed by atoms with van der Waals surface area (Å²) in [5, 5.41) is 8.26. The minimum absolute atomic E-state index is 0.0113. The fraction of sp³-hybridized carbons (Fsp3) is 0.467. The van der Waals surface area contributed by atoms with Crippen LogP contribution < -0.4 is 5.32 Å². The molecule has 1 aromatic heterocycles. The first-order valence-electron chi connectivity index (χ1n) is 7.44. The van der Waals surface area contributed by atoms with Gasteiger partial charge in [0.05, 0.1) is 29.1 Å². The van der Waals surface area contributed by atoms with Crippen LogP contribution >= 0.6 is 0 Å². The minimum atomic E-state index is -3.01. The molecule has 1 aliphatic heterocycles. The Bertz CT molecular complexity index is 782. The predicted octanol–water partition coefficient (Wildman–Crippen LogP) is 0.977. The van der Waals surface area contributed by atoms with Crippen LogP contribution in [0.25, 0.3) is 10.9 Å². The van der Waals surface area contributed by atoms with E-state index in [1.54, 1.807) is 0 Å². The highest BCUT2D eigenvalue weighted by Gasteiger charge is 2.32. The monoisotopic (exact) mass is 321 g/mol. The first-order chi connectivity index (χ1) is 10.6. The Balaban J connectivity index is 1.47. The molecule has 1 amide bonds. The van der Waals surface area contributed by atoms with Crippen molar-refractivity contribution in [2.24, 2.45) is 5.92 Å². The number of rotatable bonds is 5. The summed E-state index contributed by atoms with van der Waals surface area (Å²) in [6.07, 6.45) is 3.03. The molecule has 6 nitrogen and oxygen atoms in total. The van der Waals surface area contributed by atoms with E-state index in [2.05, 4.69) is 10.4 Å². The maximum absolute atomic E-state index is 11.9. The van der Waals surface area contributed by atoms with Crippen LogP contribution in [0.15, 0.2) is 30.5 Å². The van der Waals surface area contributed by atoms with Gasteiger partial charge in [-0.15, -0.1) is 0 Å². The molecule has 118 valence electrons. The molecule has 1 fully saturated rings. The Hall–Kier alpha value is -1.89. The maximum Gasteiger partial charge on any atom is 0.224 e. The summed E-state index contributed by atoms with van der Waals surface area (Å²) >= 11 is 0. The summed E-state index contributed by atoms with van der Waals surface area (Å²) in [5.41, 5.74) is 1.08. The summed E-state index contributed by atoms with van der Waals surface area (Å²) < 4.78 is 24.6. The Morgan fingerprint density at radius 1 is 1.36 bits per heavy atom. The van der Waals surface area contributed by atoms with Gasteiger partial charge in [-0.25, -0.2) is 8.42 Å². The molecule has 1 atom stereocenters. The van der Waals surface area contributed by atoms with E-state index < -0.39 is 9.84 Å². The molecule has 2 heterocycles. The molecule has 22 heavy (non-hydrogen) atoms. The van der Waals surface area contributed by atoms with Crippen molar-refractivity contribution >= 4 is 26.6 Å². The second-order valence-electron chi connectivity index (χ2n) is 5.67. The lowest BCUT2D eigenvalue weighted by molar-refractivity contribution is -0.124. The standard InChI is InChI=1S/C15H19N3O3S/c19-15(13-6-9-22(20,21)11-13)16-7-3-8-18-14-5-2-1-4-12(14)10-17-18/h1-2,4-5,10,13H,3,6-9,11H2,(H,16,19)/t13-/m1/s1. The molecule has 0 saturated carbocycles. The molecule has 3 rings (SSSR count). The number of aromatic nitrogens is 2. The van der Waals surface area contributed by atoms with Crippen molar-refractivity contribution in [3.8, 4) is 0 Å². The quantitative estimate of drug-likeness (QED) is 0.832. The zero-order valence-electron chi connectivity index (χ0n) is 12.2. The van der Waals surface area contributed by atoms with Crippen molar-refractivity contribution in [2.45, 2.75) is 19.4 Å². The van der Waals surface area contributed by atoms with Crippen molar-refractivity contribution in [1.29, 1.82) is 0 Å². The van der Waals surface area contributed by atoms with Crippen LogP contribution in [0, 0.1) is 5.92 Å². The van der Waals surface area contributed by atoms with Crippen LogP contribution in [0.2, 0.25) is 0 Å². The van der Waals surface area contributed by atoms with E-state index in [0.717, 1.165) is 23.9 Å². The van der Waals surface area contributed by atoms with Gasteiger partial charge in [-0.3, -0.25) is 9.48 Å². The van der Waals surface area contributed by atoms with Gasteiger partial charge in [-0.2, -0.15) is 5.10 Å². The maximum atomic E-state index is 11.9. The molecule has 0 unspecified atom stereocenters. The third-order valence-electron chi connectivity index (χ3n) is 4.00. The molecule has 1 saturated heterocycles. The Labute approximate surface area is 129 Å². The van der Waals surface area contributed by atoms with Crippen LogP contribution in [0.3, 0.4) is 0 Å². The number of amides is 1. The first kappa shape index (κ1) is 15.0. The highest BCUT2D eigenvalue weighted by Crippen LogP contribution is 2.18. The lowest BCUT2D eigenvalue weighted by Crippen LogP contribution is -2.32. The molecule has 7 heteroatoms. The number of carbonyl (C=O) groups excluding carboxylic acids is 1. The van der Waals surface area contributed by atoms with Crippen molar-refractivity contribution in [1.82, 2.24) is 15.1 Å². The lowest BCUT2D eigenvalue weighted by atomic mass is 10.1. The number of benzene rings is 1. The fourth-order valence-electron chi connectivity index (χ4n) is 2.79. The topological polar surface area (TPSA) is 81.1 Å². The van der Waals surface area contributed by atoms with Crippen molar-refractivity contribution in [3.05, 3.63) is 30.5 Å². The second-order valence-corrected chi connectivity index (χ2v) is 7.90. The summed E-state index contributed by atoms with van der Waals surface area (Å²) in [5.74, 6) is -0.408. The third-order valence-corrected chi connectivity index (χ3v) is 5.77. The van der Waals surface area contributed by atoms with Gasteiger partial charge >= 0.3 is 0 Å². The molecule has 0 aliphatic carbocycles. The molecular weight excluding hydrogens is 302 g/mol. The van der Waals surface area contributed by atoms with E-state index in [1.807, 2.05) is 35.1 Å². The van der Waals surface area contributed by atoms with Gasteiger partial charge in [0.25, 0.3) is 0 Å². The molecule has 0 bridgehead atoms. The predicted molar refractivity (Wildman–Crippen MR) is 84.1 cm³/mol. The first-order valence-corrected chi connectivity index (χ1v) is 9.26. The van der Waals surface area contributed by atoms with Crippen LogP contribution in [-0.2, 0) is 21.2 Å². The number of fused-ring (bicyclic) bond motifs is 1. The normalized spacial score (nSPS) is 20.3. The van der Waals surface area contributed by atoms with Gasteiger partial charge in [0.2, 0.25) is 5.91 Å². The van der Waals surface area contributed by atoms with Gasteiger partial charge in [0.1, 0.15) is 0 Å². The minimum Gasteiger partial charge on any atom is -0.356 e. The van der Waals surface area contributed by atoms with Crippen molar-refractivity contribution in [3.63, 3.8) is 0 Å². The molecular formula is C15H19N3O3S. The van der Waals surface area contributed by atoms with E-state index in [4.69, 9.17) is 0 Å². The lowest BCUT2D eigenvalue weighted by Gasteiger charge is -2.09. The number of sulfone groups is 1. The SMILES string of the molecule is O=C(NCCCn1ncc2ccccc21)[C@@H]1CCS(=O)(=O)C1. The average molecular weight is 321 g/mol. The number of nitrogens with zero attached hydrogens (tertiary/aromatic N) is 2. The van der Waals surface area contributed by atoms with Gasteiger partial charge in [-0.1, -0.05) is 18.2 Å². The highest BCUT2D eigenvalue weighted by atomic mass is 32.2. The van der Waals surface area contributed by atoms with Crippen molar-refractivity contribution < 1.29 is 13.2 Å². The third kappa shape index (κ3) is 3.30. The highest BCUT2D eigenvalue weighted by molar-refractivity contribution is 7.91. The number of para-hydroxylation sites is 1. The number of carbonyl (C=O) groups is 1. The Morgan fingerprint density at radius 2 is 2.18 bits per heavy atom. The second kappa shape index (κ2) is 6.08. The number of hydrogen-bond acceptors (Lipinski definition) is 4. The summed E-state index contributed by atoms with van der Waals surface area (Å²) in [7, 11) is -3.01. The van der Waals surface area contributed by atoms with Gasteiger partial charge in [-0.05, 0) is 18.9 Å². The molecule has 0 spiro atoms. The molecule has 1 aromatic carbocycles. The van der Waals surface area contributed by atoms with E-state index >= 15 is 0 Å². The Morgan fingerprint density at radius 3 is 2.95 bits per heavy atom. The van der Waals surface area contributed by atoms with E-state index in [9.17, 15) is 13.2 Å². The van der Waals surface area contributed by atoms with Gasteiger partial charge < -0.3 is 5.32 Å². The van der Waals surface area contributed by atoms with E-state index in [0.29, 0.717) is 13.0 Å². The zero-order valence-corrected chi connectivity index (χ0v) is 13.1. The fourth-order valence-corrected chi connectivity index (χ4v) is 4.53. The van der Waals surface area contributed by atoms with Gasteiger partial charge in [0.15, 0.2) is 9.84 Å². The summed E-state index contributed by atoms with van der Waals surface area (Å²) in [4.78, 5) is 11.9. The molecule has 2 aromatic rings. The molecule has 0 radical (unpaired) electrons. The number of nitrogens with one attached hydrogen (secondary N) is 1. The molecule has 1 N–H and O–H groups in total. The van der Waals surface area contributed by atoms with Crippen molar-refractivity contribution in [2.75, 3.05) is 18.1 Å². The van der Waals surface area contributed by atoms with Crippen LogP contribution in [0.1, 0.15) is 12.8 Å². The van der Waals surface area contributed by atoms with E-state index in [1.165, 1.54) is 0 Å². The van der Waals surface area contributed by atoms with Gasteiger partial charge in [0, 0.05) is 18.5 Å². The van der Waals surface area contributed by atoms with Crippen LogP contribution in [0.4, 0.5) is 0 Å². The smallest absolute Gasteiger partial charge is 0.224 e. The number of hydrogen-bond donors (Lipinski definition) is 1. The van der Waals surface area contributed by atoms with Crippen LogP contribution in [0.5, 0.6) is 0 Å². The average Bonchev–Trinajstić information content (AvgIpc) is 3.07. The largest absolute Gasteiger partial charge is 0.356 e. The van der Waals surface area contributed by atoms with E-state index in [-0.39, 0.29) is 23.3 Å². The Kier molecular flexibility index (Phi) is 4.15.